The first kappa shape index (κ1) is 14.1. The van der Waals surface area contributed by atoms with Crippen molar-refractivity contribution in [3.63, 3.8) is 0 Å². The molecule has 0 aliphatic carbocycles. The van der Waals surface area contributed by atoms with Gasteiger partial charge in [-0.2, -0.15) is 5.10 Å². The Morgan fingerprint density at radius 1 is 1.37 bits per heavy atom. The highest BCUT2D eigenvalue weighted by Gasteiger charge is 2.07. The Labute approximate surface area is 118 Å². The molecule has 0 saturated heterocycles. The molecule has 0 radical (unpaired) electrons. The second kappa shape index (κ2) is 6.73. The van der Waals surface area contributed by atoms with Crippen molar-refractivity contribution in [2.75, 3.05) is 0 Å². The minimum absolute atomic E-state index is 0.575. The lowest BCUT2D eigenvalue weighted by molar-refractivity contribution is 0.472. The van der Waals surface area contributed by atoms with E-state index in [-0.39, 0.29) is 0 Å². The standard InChI is InChI=1S/C14H20N4S/c1-11(2)8-18-14(16-10-17-18)9-19-13-5-3-4-12(6-13)7-15/h3-6,10-11H,7-9,15H2,1-2H3. The fraction of sp³-hybridized carbons (Fsp3) is 0.429. The van der Waals surface area contributed by atoms with Crippen LogP contribution in [0.4, 0.5) is 0 Å². The fourth-order valence-corrected chi connectivity index (χ4v) is 2.74. The minimum Gasteiger partial charge on any atom is -0.326 e. The number of nitrogens with two attached hydrogens (primary N) is 1. The molecular formula is C14H20N4S. The average Bonchev–Trinajstić information content (AvgIpc) is 2.83. The molecule has 2 N–H and O–H groups in total. The molecule has 0 fully saturated rings. The quantitative estimate of drug-likeness (QED) is 0.824. The van der Waals surface area contributed by atoms with E-state index in [1.807, 2.05) is 16.8 Å². The lowest BCUT2D eigenvalue weighted by Crippen LogP contribution is -2.09. The summed E-state index contributed by atoms with van der Waals surface area (Å²) in [7, 11) is 0. The second-order valence-electron chi connectivity index (χ2n) is 4.89. The predicted molar refractivity (Wildman–Crippen MR) is 78.8 cm³/mol. The van der Waals surface area contributed by atoms with Gasteiger partial charge in [-0.15, -0.1) is 11.8 Å². The molecule has 0 aliphatic heterocycles. The maximum absolute atomic E-state index is 5.65. The highest BCUT2D eigenvalue weighted by atomic mass is 32.2. The van der Waals surface area contributed by atoms with Crippen molar-refractivity contribution in [1.29, 1.82) is 0 Å². The maximum atomic E-state index is 5.65. The van der Waals surface area contributed by atoms with Gasteiger partial charge in [-0.25, -0.2) is 9.67 Å². The molecule has 0 saturated carbocycles. The normalized spacial score (nSPS) is 11.2. The predicted octanol–water partition coefficient (Wildman–Crippen LogP) is 2.69. The average molecular weight is 276 g/mol. The van der Waals surface area contributed by atoms with Gasteiger partial charge in [0.2, 0.25) is 0 Å². The molecule has 0 unspecified atom stereocenters. The van der Waals surface area contributed by atoms with Gasteiger partial charge in [-0.3, -0.25) is 0 Å². The fourth-order valence-electron chi connectivity index (χ4n) is 1.81. The summed E-state index contributed by atoms with van der Waals surface area (Å²) < 4.78 is 1.99. The largest absolute Gasteiger partial charge is 0.326 e. The SMILES string of the molecule is CC(C)Cn1ncnc1CSc1cccc(CN)c1. The first-order valence-electron chi connectivity index (χ1n) is 6.47. The molecule has 2 rings (SSSR count). The molecule has 0 amide bonds. The van der Waals surface area contributed by atoms with Gasteiger partial charge in [-0.1, -0.05) is 26.0 Å². The van der Waals surface area contributed by atoms with Gasteiger partial charge < -0.3 is 5.73 Å². The summed E-state index contributed by atoms with van der Waals surface area (Å²) in [4.78, 5) is 5.56. The Hall–Kier alpha value is -1.33. The van der Waals surface area contributed by atoms with Crippen LogP contribution in [0.1, 0.15) is 25.2 Å². The van der Waals surface area contributed by atoms with Gasteiger partial charge in [0.15, 0.2) is 0 Å². The Morgan fingerprint density at radius 3 is 2.95 bits per heavy atom. The first-order valence-corrected chi connectivity index (χ1v) is 7.46. The molecule has 1 aromatic heterocycles. The Morgan fingerprint density at radius 2 is 2.21 bits per heavy atom. The number of benzene rings is 1. The van der Waals surface area contributed by atoms with Gasteiger partial charge >= 0.3 is 0 Å². The highest BCUT2D eigenvalue weighted by Crippen LogP contribution is 2.22. The first-order chi connectivity index (χ1) is 9.19. The molecule has 5 heteroatoms. The molecule has 19 heavy (non-hydrogen) atoms. The summed E-state index contributed by atoms with van der Waals surface area (Å²) in [6.07, 6.45) is 1.63. The number of rotatable bonds is 6. The summed E-state index contributed by atoms with van der Waals surface area (Å²) in [6, 6.07) is 8.33. The lowest BCUT2D eigenvalue weighted by Gasteiger charge is -2.08. The van der Waals surface area contributed by atoms with Gasteiger partial charge in [0.1, 0.15) is 12.2 Å². The zero-order valence-corrected chi connectivity index (χ0v) is 12.2. The van der Waals surface area contributed by atoms with Crippen molar-refractivity contribution in [2.24, 2.45) is 11.7 Å². The van der Waals surface area contributed by atoms with Gasteiger partial charge in [0.25, 0.3) is 0 Å². The van der Waals surface area contributed by atoms with E-state index in [2.05, 4.69) is 36.1 Å². The minimum atomic E-state index is 0.575. The number of nitrogens with zero attached hydrogens (tertiary/aromatic N) is 3. The van der Waals surface area contributed by atoms with Gasteiger partial charge in [-0.05, 0) is 23.6 Å². The van der Waals surface area contributed by atoms with Crippen LogP contribution in [0.3, 0.4) is 0 Å². The van der Waals surface area contributed by atoms with Crippen LogP contribution in [0.15, 0.2) is 35.5 Å². The van der Waals surface area contributed by atoms with Crippen molar-refractivity contribution >= 4 is 11.8 Å². The zero-order valence-electron chi connectivity index (χ0n) is 11.4. The van der Waals surface area contributed by atoms with Crippen LogP contribution in [-0.2, 0) is 18.8 Å². The molecule has 2 aromatic rings. The second-order valence-corrected chi connectivity index (χ2v) is 5.94. The number of aromatic nitrogens is 3. The Balaban J connectivity index is 2.00. The Bertz CT molecular complexity index is 522. The molecular weight excluding hydrogens is 256 g/mol. The molecule has 1 aromatic carbocycles. The van der Waals surface area contributed by atoms with E-state index in [1.54, 1.807) is 18.1 Å². The van der Waals surface area contributed by atoms with Crippen LogP contribution in [0.5, 0.6) is 0 Å². The third-order valence-corrected chi connectivity index (χ3v) is 3.73. The van der Waals surface area contributed by atoms with Crippen LogP contribution < -0.4 is 5.73 Å². The van der Waals surface area contributed by atoms with E-state index < -0.39 is 0 Å². The highest BCUT2D eigenvalue weighted by molar-refractivity contribution is 7.98. The summed E-state index contributed by atoms with van der Waals surface area (Å²) in [5.41, 5.74) is 6.81. The third-order valence-electron chi connectivity index (χ3n) is 2.74. The Kier molecular flexibility index (Phi) is 4.99. The summed E-state index contributed by atoms with van der Waals surface area (Å²) >= 11 is 1.77. The summed E-state index contributed by atoms with van der Waals surface area (Å²) in [6.45, 7) is 5.86. The molecule has 102 valence electrons. The monoisotopic (exact) mass is 276 g/mol. The molecule has 1 heterocycles. The van der Waals surface area contributed by atoms with Crippen LogP contribution in [0.25, 0.3) is 0 Å². The van der Waals surface area contributed by atoms with E-state index in [0.29, 0.717) is 12.5 Å². The number of hydrogen-bond donors (Lipinski definition) is 1. The van der Waals surface area contributed by atoms with Crippen molar-refractivity contribution in [3.05, 3.63) is 42.0 Å². The molecule has 0 aliphatic rings. The van der Waals surface area contributed by atoms with Gasteiger partial charge in [0.05, 0.1) is 5.75 Å². The van der Waals surface area contributed by atoms with Crippen molar-refractivity contribution in [1.82, 2.24) is 14.8 Å². The molecule has 0 spiro atoms. The number of hydrogen-bond acceptors (Lipinski definition) is 4. The smallest absolute Gasteiger partial charge is 0.138 e. The molecule has 0 atom stereocenters. The topological polar surface area (TPSA) is 56.7 Å². The van der Waals surface area contributed by atoms with Crippen LogP contribution in [0.2, 0.25) is 0 Å². The van der Waals surface area contributed by atoms with Crippen LogP contribution >= 0.6 is 11.8 Å². The van der Waals surface area contributed by atoms with Crippen LogP contribution in [-0.4, -0.2) is 14.8 Å². The van der Waals surface area contributed by atoms with E-state index in [1.165, 1.54) is 4.90 Å². The summed E-state index contributed by atoms with van der Waals surface area (Å²) in [5.74, 6) is 2.43. The maximum Gasteiger partial charge on any atom is 0.138 e. The molecule has 0 bridgehead atoms. The van der Waals surface area contributed by atoms with Crippen LogP contribution in [0, 0.1) is 5.92 Å². The van der Waals surface area contributed by atoms with E-state index >= 15 is 0 Å². The third kappa shape index (κ3) is 4.08. The molecule has 4 nitrogen and oxygen atoms in total. The zero-order chi connectivity index (χ0) is 13.7. The lowest BCUT2D eigenvalue weighted by atomic mass is 10.2. The van der Waals surface area contributed by atoms with Gasteiger partial charge in [0, 0.05) is 18.0 Å². The van der Waals surface area contributed by atoms with E-state index in [0.717, 1.165) is 23.7 Å². The van der Waals surface area contributed by atoms with E-state index in [4.69, 9.17) is 5.73 Å². The summed E-state index contributed by atoms with van der Waals surface area (Å²) in [5, 5.41) is 4.27. The van der Waals surface area contributed by atoms with Crippen molar-refractivity contribution in [2.45, 2.75) is 37.6 Å². The van der Waals surface area contributed by atoms with E-state index in [9.17, 15) is 0 Å². The van der Waals surface area contributed by atoms with Crippen molar-refractivity contribution < 1.29 is 0 Å². The number of thioether (sulfide) groups is 1. The van der Waals surface area contributed by atoms with Crippen molar-refractivity contribution in [3.8, 4) is 0 Å².